The minimum Gasteiger partial charge on any atom is -0.481 e. The minimum atomic E-state index is -0.930. The third-order valence-electron chi connectivity index (χ3n) is 1.84. The summed E-state index contributed by atoms with van der Waals surface area (Å²) in [5, 5.41) is 11.1. The van der Waals surface area contributed by atoms with Gasteiger partial charge in [0.05, 0.1) is 12.5 Å². The Kier molecular flexibility index (Phi) is 7.15. The molecular weight excluding hydrogens is 216 g/mol. The first kappa shape index (κ1) is 14.2. The topological polar surface area (TPSA) is 92.4 Å². The maximum absolute atomic E-state index is 11.4. The Balaban J connectivity index is 3.85. The van der Waals surface area contributed by atoms with Gasteiger partial charge in [-0.1, -0.05) is 0 Å². The van der Waals surface area contributed by atoms with Gasteiger partial charge < -0.3 is 16.2 Å². The molecule has 0 rings (SSSR count). The number of thioether (sulfide) groups is 1. The van der Waals surface area contributed by atoms with Gasteiger partial charge in [0, 0.05) is 6.04 Å². The van der Waals surface area contributed by atoms with Crippen LogP contribution >= 0.6 is 11.8 Å². The standard InChI is InChI=1S/C9H18N2O3S/c1-6(5-8(12)13)11-9(14)7(10)3-4-15-2/h6-7H,3-5,10H2,1-2H3,(H,11,14)(H,12,13)/t6?,7-/m1/s1. The molecule has 6 heteroatoms. The van der Waals surface area contributed by atoms with Gasteiger partial charge >= 0.3 is 5.97 Å². The highest BCUT2D eigenvalue weighted by Gasteiger charge is 2.16. The van der Waals surface area contributed by atoms with Crippen LogP contribution < -0.4 is 11.1 Å². The highest BCUT2D eigenvalue weighted by atomic mass is 32.2. The van der Waals surface area contributed by atoms with Crippen LogP contribution in [0.15, 0.2) is 0 Å². The molecular formula is C9H18N2O3S. The van der Waals surface area contributed by atoms with Gasteiger partial charge in [-0.15, -0.1) is 0 Å². The Labute approximate surface area is 93.8 Å². The molecule has 0 bridgehead atoms. The average molecular weight is 234 g/mol. The van der Waals surface area contributed by atoms with Crippen molar-refractivity contribution in [3.05, 3.63) is 0 Å². The number of carbonyl (C=O) groups is 2. The first-order valence-corrected chi connectivity index (χ1v) is 6.13. The van der Waals surface area contributed by atoms with Crippen LogP contribution in [0.1, 0.15) is 19.8 Å². The number of aliphatic carboxylic acids is 1. The number of nitrogens with one attached hydrogen (secondary N) is 1. The van der Waals surface area contributed by atoms with Crippen LogP contribution in [0.3, 0.4) is 0 Å². The second kappa shape index (κ2) is 7.53. The summed E-state index contributed by atoms with van der Waals surface area (Å²) in [5.74, 6) is -0.389. The lowest BCUT2D eigenvalue weighted by Gasteiger charge is -2.15. The predicted octanol–water partition coefficient (Wildman–Crippen LogP) is 0.0462. The summed E-state index contributed by atoms with van der Waals surface area (Å²) in [7, 11) is 0. The molecule has 0 aromatic heterocycles. The van der Waals surface area contributed by atoms with Gasteiger partial charge in [0.15, 0.2) is 0 Å². The average Bonchev–Trinajstić information content (AvgIpc) is 2.12. The van der Waals surface area contributed by atoms with Crippen molar-refractivity contribution >= 4 is 23.6 Å². The van der Waals surface area contributed by atoms with Gasteiger partial charge in [0.25, 0.3) is 0 Å². The second-order valence-electron chi connectivity index (χ2n) is 3.40. The van der Waals surface area contributed by atoms with Crippen LogP contribution in [0.2, 0.25) is 0 Å². The van der Waals surface area contributed by atoms with Crippen molar-refractivity contribution in [2.24, 2.45) is 5.73 Å². The molecule has 15 heavy (non-hydrogen) atoms. The molecule has 4 N–H and O–H groups in total. The molecule has 0 aliphatic rings. The molecule has 0 aliphatic heterocycles. The van der Waals surface area contributed by atoms with Gasteiger partial charge in [0.2, 0.25) is 5.91 Å². The fourth-order valence-corrected chi connectivity index (χ4v) is 1.53. The van der Waals surface area contributed by atoms with E-state index in [2.05, 4.69) is 5.32 Å². The van der Waals surface area contributed by atoms with Gasteiger partial charge in [0.1, 0.15) is 0 Å². The lowest BCUT2D eigenvalue weighted by Crippen LogP contribution is -2.45. The molecule has 0 radical (unpaired) electrons. The highest BCUT2D eigenvalue weighted by Crippen LogP contribution is 1.99. The van der Waals surface area contributed by atoms with Crippen molar-refractivity contribution in [1.29, 1.82) is 0 Å². The normalized spacial score (nSPS) is 14.3. The molecule has 0 aliphatic carbocycles. The quantitative estimate of drug-likeness (QED) is 0.578. The van der Waals surface area contributed by atoms with Gasteiger partial charge in [-0.25, -0.2) is 0 Å². The van der Waals surface area contributed by atoms with Crippen molar-refractivity contribution < 1.29 is 14.7 Å². The van der Waals surface area contributed by atoms with Crippen LogP contribution in [0.25, 0.3) is 0 Å². The maximum atomic E-state index is 11.4. The largest absolute Gasteiger partial charge is 0.481 e. The van der Waals surface area contributed by atoms with E-state index in [0.717, 1.165) is 5.75 Å². The zero-order chi connectivity index (χ0) is 11.8. The van der Waals surface area contributed by atoms with E-state index >= 15 is 0 Å². The minimum absolute atomic E-state index is 0.0824. The Hall–Kier alpha value is -0.750. The van der Waals surface area contributed by atoms with Gasteiger partial charge in [-0.05, 0) is 25.4 Å². The van der Waals surface area contributed by atoms with Crippen LogP contribution in [0.4, 0.5) is 0 Å². The van der Waals surface area contributed by atoms with E-state index in [0.29, 0.717) is 6.42 Å². The number of nitrogens with two attached hydrogens (primary N) is 1. The molecule has 1 amide bonds. The van der Waals surface area contributed by atoms with Crippen LogP contribution in [-0.2, 0) is 9.59 Å². The Morgan fingerprint density at radius 1 is 1.53 bits per heavy atom. The third-order valence-corrected chi connectivity index (χ3v) is 2.48. The summed E-state index contributed by atoms with van der Waals surface area (Å²) < 4.78 is 0. The molecule has 0 aromatic rings. The van der Waals surface area contributed by atoms with Crippen molar-refractivity contribution in [3.8, 4) is 0 Å². The zero-order valence-electron chi connectivity index (χ0n) is 9.03. The second-order valence-corrected chi connectivity index (χ2v) is 4.38. The molecule has 0 fully saturated rings. The smallest absolute Gasteiger partial charge is 0.305 e. The lowest BCUT2D eigenvalue weighted by atomic mass is 10.2. The molecule has 0 spiro atoms. The molecule has 0 saturated carbocycles. The van der Waals surface area contributed by atoms with Crippen molar-refractivity contribution in [1.82, 2.24) is 5.32 Å². The summed E-state index contributed by atoms with van der Waals surface area (Å²) in [5.41, 5.74) is 5.61. The summed E-state index contributed by atoms with van der Waals surface area (Å²) >= 11 is 1.62. The van der Waals surface area contributed by atoms with Gasteiger partial charge in [-0.2, -0.15) is 11.8 Å². The van der Waals surface area contributed by atoms with Crippen LogP contribution in [0.5, 0.6) is 0 Å². The molecule has 5 nitrogen and oxygen atoms in total. The van der Waals surface area contributed by atoms with E-state index in [1.165, 1.54) is 0 Å². The Bertz CT molecular complexity index is 223. The molecule has 0 heterocycles. The number of carbonyl (C=O) groups excluding carboxylic acids is 1. The van der Waals surface area contributed by atoms with Gasteiger partial charge in [-0.3, -0.25) is 9.59 Å². The van der Waals surface area contributed by atoms with E-state index in [4.69, 9.17) is 10.8 Å². The molecule has 1 unspecified atom stereocenters. The third kappa shape index (κ3) is 7.21. The summed E-state index contributed by atoms with van der Waals surface area (Å²) in [6.45, 7) is 1.65. The van der Waals surface area contributed by atoms with Crippen molar-refractivity contribution in [3.63, 3.8) is 0 Å². The number of rotatable bonds is 7. The number of carboxylic acid groups (broad SMARTS) is 1. The maximum Gasteiger partial charge on any atom is 0.305 e. The summed E-state index contributed by atoms with van der Waals surface area (Å²) in [4.78, 5) is 21.7. The Morgan fingerprint density at radius 3 is 2.60 bits per heavy atom. The molecule has 0 saturated heterocycles. The number of hydrogen-bond donors (Lipinski definition) is 3. The SMILES string of the molecule is CSCC[C@@H](N)C(=O)NC(C)CC(=O)O. The zero-order valence-corrected chi connectivity index (χ0v) is 9.84. The van der Waals surface area contributed by atoms with Crippen molar-refractivity contribution in [2.75, 3.05) is 12.0 Å². The monoisotopic (exact) mass is 234 g/mol. The lowest BCUT2D eigenvalue weighted by molar-refractivity contribution is -0.137. The highest BCUT2D eigenvalue weighted by molar-refractivity contribution is 7.98. The molecule has 88 valence electrons. The van der Waals surface area contributed by atoms with E-state index in [1.54, 1.807) is 18.7 Å². The van der Waals surface area contributed by atoms with Crippen LogP contribution in [-0.4, -0.2) is 41.1 Å². The number of amides is 1. The summed E-state index contributed by atoms with van der Waals surface area (Å²) in [6.07, 6.45) is 2.46. The fourth-order valence-electron chi connectivity index (χ4n) is 1.04. The molecule has 0 aromatic carbocycles. The van der Waals surface area contributed by atoms with Crippen LogP contribution in [0, 0.1) is 0 Å². The fraction of sp³-hybridized carbons (Fsp3) is 0.778. The van der Waals surface area contributed by atoms with E-state index in [-0.39, 0.29) is 18.4 Å². The molecule has 2 atom stereocenters. The summed E-state index contributed by atoms with van der Waals surface area (Å²) in [6, 6.07) is -0.927. The first-order valence-electron chi connectivity index (χ1n) is 4.74. The Morgan fingerprint density at radius 2 is 2.13 bits per heavy atom. The number of carboxylic acids is 1. The first-order chi connectivity index (χ1) is 6.97. The van der Waals surface area contributed by atoms with E-state index < -0.39 is 12.0 Å². The predicted molar refractivity (Wildman–Crippen MR) is 60.8 cm³/mol. The van der Waals surface area contributed by atoms with E-state index in [9.17, 15) is 9.59 Å². The number of hydrogen-bond acceptors (Lipinski definition) is 4. The van der Waals surface area contributed by atoms with Crippen molar-refractivity contribution in [2.45, 2.75) is 31.8 Å². The van der Waals surface area contributed by atoms with E-state index in [1.807, 2.05) is 6.26 Å².